The van der Waals surface area contributed by atoms with E-state index in [-0.39, 0.29) is 5.97 Å². The Kier molecular flexibility index (Phi) is 6.27. The van der Waals surface area contributed by atoms with Crippen LogP contribution in [0.5, 0.6) is 5.75 Å². The maximum Gasteiger partial charge on any atom is 0.340 e. The molecule has 4 aromatic rings. The zero-order chi connectivity index (χ0) is 22.7. The van der Waals surface area contributed by atoms with E-state index >= 15 is 0 Å². The fraction of sp³-hybridized carbons (Fsp3) is 0.217. The van der Waals surface area contributed by atoms with Gasteiger partial charge in [-0.2, -0.15) is 0 Å². The molecule has 0 radical (unpaired) electrons. The van der Waals surface area contributed by atoms with Crippen molar-refractivity contribution in [1.82, 2.24) is 19.9 Å². The Bertz CT molecular complexity index is 1270. The number of hydrogen-bond donors (Lipinski definition) is 1. The van der Waals surface area contributed by atoms with Gasteiger partial charge in [0.2, 0.25) is 5.16 Å². The lowest BCUT2D eigenvalue weighted by Gasteiger charge is -2.13. The Balaban J connectivity index is 1.65. The van der Waals surface area contributed by atoms with Crippen LogP contribution in [-0.4, -0.2) is 39.5 Å². The summed E-state index contributed by atoms with van der Waals surface area (Å²) in [5.41, 5.74) is 3.59. The van der Waals surface area contributed by atoms with Gasteiger partial charge in [-0.05, 0) is 49.7 Å². The zero-order valence-corrected chi connectivity index (χ0v) is 18.8. The minimum Gasteiger partial charge on any atom is -0.497 e. The van der Waals surface area contributed by atoms with Crippen molar-refractivity contribution >= 4 is 28.6 Å². The van der Waals surface area contributed by atoms with Gasteiger partial charge in [-0.1, -0.05) is 30.0 Å². The van der Waals surface area contributed by atoms with Crippen molar-refractivity contribution in [3.8, 4) is 17.1 Å². The number of thioether (sulfide) groups is 1. The fourth-order valence-electron chi connectivity index (χ4n) is 3.46. The first-order valence-corrected chi connectivity index (χ1v) is 11.0. The van der Waals surface area contributed by atoms with E-state index in [0.29, 0.717) is 34.6 Å². The van der Waals surface area contributed by atoms with Gasteiger partial charge in [0.25, 0.3) is 0 Å². The Hall–Kier alpha value is -3.59. The second-order valence-corrected chi connectivity index (χ2v) is 7.93. The number of fused-ring (bicyclic) bond motifs is 1. The van der Waals surface area contributed by atoms with Crippen molar-refractivity contribution in [2.45, 2.75) is 24.8 Å². The number of ether oxygens (including phenoxy) is 2. The molecule has 0 unspecified atom stereocenters. The van der Waals surface area contributed by atoms with Gasteiger partial charge < -0.3 is 15.3 Å². The van der Waals surface area contributed by atoms with E-state index in [1.807, 2.05) is 55.5 Å². The molecule has 0 aliphatic carbocycles. The molecule has 0 atom stereocenters. The van der Waals surface area contributed by atoms with Crippen molar-refractivity contribution in [2.24, 2.45) is 0 Å². The van der Waals surface area contributed by atoms with Crippen molar-refractivity contribution in [1.29, 1.82) is 0 Å². The third-order valence-electron chi connectivity index (χ3n) is 5.06. The first-order chi connectivity index (χ1) is 15.5. The van der Waals surface area contributed by atoms with Crippen LogP contribution in [0.1, 0.15) is 28.5 Å². The predicted octanol–water partition coefficient (Wildman–Crippen LogP) is 3.99. The number of carbonyl (C=O) groups excluding carboxylic acids is 1. The molecule has 32 heavy (non-hydrogen) atoms. The molecule has 0 bridgehead atoms. The van der Waals surface area contributed by atoms with E-state index in [2.05, 4.69) is 10.2 Å². The van der Waals surface area contributed by atoms with Gasteiger partial charge in [-0.25, -0.2) is 9.47 Å². The van der Waals surface area contributed by atoms with Gasteiger partial charge in [-0.3, -0.25) is 4.98 Å². The molecule has 0 saturated carbocycles. The van der Waals surface area contributed by atoms with E-state index in [1.54, 1.807) is 14.0 Å². The molecule has 2 N–H and O–H groups in total. The van der Waals surface area contributed by atoms with E-state index in [0.717, 1.165) is 27.8 Å². The van der Waals surface area contributed by atoms with Crippen molar-refractivity contribution in [3.05, 3.63) is 65.4 Å². The Labute approximate surface area is 189 Å². The molecular weight excluding hydrogens is 426 g/mol. The number of pyridine rings is 1. The number of aryl methyl sites for hydroxylation is 1. The van der Waals surface area contributed by atoms with Crippen LogP contribution in [0.15, 0.2) is 53.7 Å². The summed E-state index contributed by atoms with van der Waals surface area (Å²) in [7, 11) is 1.61. The monoisotopic (exact) mass is 449 g/mol. The lowest BCUT2D eigenvalue weighted by Crippen LogP contribution is -2.13. The summed E-state index contributed by atoms with van der Waals surface area (Å²) in [5.74, 6) is 7.54. The molecule has 2 aromatic carbocycles. The van der Waals surface area contributed by atoms with Crippen LogP contribution in [0.25, 0.3) is 22.3 Å². The van der Waals surface area contributed by atoms with Gasteiger partial charge >= 0.3 is 5.97 Å². The second kappa shape index (κ2) is 9.27. The number of nitrogens with zero attached hydrogens (tertiary/aromatic N) is 4. The molecule has 0 fully saturated rings. The maximum absolute atomic E-state index is 12.7. The summed E-state index contributed by atoms with van der Waals surface area (Å²) in [4.78, 5) is 17.4. The van der Waals surface area contributed by atoms with E-state index < -0.39 is 0 Å². The maximum atomic E-state index is 12.7. The number of nitrogen functional groups attached to an aromatic ring is 1. The first-order valence-electron chi connectivity index (χ1n) is 10.1. The zero-order valence-electron chi connectivity index (χ0n) is 18.0. The largest absolute Gasteiger partial charge is 0.497 e. The number of carbonyl (C=O) groups is 1. The molecule has 4 rings (SSSR count). The van der Waals surface area contributed by atoms with Gasteiger partial charge in [0, 0.05) is 16.7 Å². The highest BCUT2D eigenvalue weighted by Gasteiger charge is 2.21. The lowest BCUT2D eigenvalue weighted by atomic mass is 10.0. The van der Waals surface area contributed by atoms with E-state index in [4.69, 9.17) is 20.3 Å². The van der Waals surface area contributed by atoms with Crippen LogP contribution in [0, 0.1) is 6.92 Å². The van der Waals surface area contributed by atoms with E-state index in [9.17, 15) is 4.79 Å². The van der Waals surface area contributed by atoms with Crippen LogP contribution < -0.4 is 10.6 Å². The average Bonchev–Trinajstić information content (AvgIpc) is 3.18. The van der Waals surface area contributed by atoms with Crippen LogP contribution in [0.3, 0.4) is 0 Å². The Morgan fingerprint density at radius 3 is 2.59 bits per heavy atom. The number of para-hydroxylation sites is 1. The molecule has 2 heterocycles. The fourth-order valence-corrected chi connectivity index (χ4v) is 4.26. The van der Waals surface area contributed by atoms with Crippen molar-refractivity contribution in [2.75, 3.05) is 19.6 Å². The smallest absolute Gasteiger partial charge is 0.340 e. The molecule has 0 spiro atoms. The van der Waals surface area contributed by atoms with Crippen molar-refractivity contribution < 1.29 is 14.3 Å². The summed E-state index contributed by atoms with van der Waals surface area (Å²) in [6.45, 7) is 3.99. The highest BCUT2D eigenvalue weighted by Crippen LogP contribution is 2.29. The summed E-state index contributed by atoms with van der Waals surface area (Å²) < 4.78 is 11.9. The van der Waals surface area contributed by atoms with Crippen LogP contribution >= 0.6 is 11.8 Å². The number of benzene rings is 2. The highest BCUT2D eigenvalue weighted by molar-refractivity contribution is 7.98. The number of aromatic nitrogens is 4. The SMILES string of the molecule is CCOC(=O)c1c(CSc2nnc(-c3ccc(OC)cc3)n2N)nc2ccccc2c1C. The third kappa shape index (κ3) is 4.11. The molecule has 0 aliphatic heterocycles. The third-order valence-corrected chi connectivity index (χ3v) is 6.01. The molecule has 2 aromatic heterocycles. The Morgan fingerprint density at radius 2 is 1.88 bits per heavy atom. The van der Waals surface area contributed by atoms with Gasteiger partial charge in [-0.15, -0.1) is 10.2 Å². The minimum atomic E-state index is -0.382. The number of rotatable bonds is 7. The molecule has 0 amide bonds. The molecular formula is C23H23N5O3S. The standard InChI is InChI=1S/C23H23N5O3S/c1-4-31-22(29)20-14(2)17-7-5-6-8-18(17)25-19(20)13-32-23-27-26-21(28(23)24)15-9-11-16(30-3)12-10-15/h5-12H,4,13,24H2,1-3H3. The lowest BCUT2D eigenvalue weighted by molar-refractivity contribution is 0.0524. The van der Waals surface area contributed by atoms with Gasteiger partial charge in [0.05, 0.1) is 30.5 Å². The molecule has 8 nitrogen and oxygen atoms in total. The summed E-state index contributed by atoms with van der Waals surface area (Å²) in [6.07, 6.45) is 0. The topological polar surface area (TPSA) is 105 Å². The highest BCUT2D eigenvalue weighted by atomic mass is 32.2. The summed E-state index contributed by atoms with van der Waals surface area (Å²) in [6, 6.07) is 15.1. The number of hydrogen-bond acceptors (Lipinski definition) is 8. The van der Waals surface area contributed by atoms with Crippen molar-refractivity contribution in [3.63, 3.8) is 0 Å². The van der Waals surface area contributed by atoms with Crippen LogP contribution in [0.2, 0.25) is 0 Å². The number of nitrogens with two attached hydrogens (primary N) is 1. The number of methoxy groups -OCH3 is 1. The first kappa shape index (κ1) is 21.6. The quantitative estimate of drug-likeness (QED) is 0.256. The van der Waals surface area contributed by atoms with Crippen LogP contribution in [-0.2, 0) is 10.5 Å². The Morgan fingerprint density at radius 1 is 1.12 bits per heavy atom. The number of esters is 1. The van der Waals surface area contributed by atoms with Crippen LogP contribution in [0.4, 0.5) is 0 Å². The van der Waals surface area contributed by atoms with Gasteiger partial charge in [0.1, 0.15) is 5.75 Å². The predicted molar refractivity (Wildman–Crippen MR) is 124 cm³/mol. The molecule has 0 aliphatic rings. The minimum absolute atomic E-state index is 0.292. The molecule has 0 saturated heterocycles. The summed E-state index contributed by atoms with van der Waals surface area (Å²) >= 11 is 1.36. The summed E-state index contributed by atoms with van der Waals surface area (Å²) in [5, 5.41) is 9.88. The second-order valence-electron chi connectivity index (χ2n) is 6.99. The molecule has 164 valence electrons. The average molecular weight is 450 g/mol. The normalized spacial score (nSPS) is 11.0. The van der Waals surface area contributed by atoms with E-state index in [1.165, 1.54) is 16.4 Å². The molecule has 9 heteroatoms. The van der Waals surface area contributed by atoms with Gasteiger partial charge in [0.15, 0.2) is 5.82 Å².